The maximum absolute atomic E-state index is 12.5. The summed E-state index contributed by atoms with van der Waals surface area (Å²) in [7, 11) is 0. The van der Waals surface area contributed by atoms with Crippen LogP contribution < -0.4 is 5.73 Å². The van der Waals surface area contributed by atoms with Crippen LogP contribution in [0.15, 0.2) is 28.9 Å². The van der Waals surface area contributed by atoms with E-state index < -0.39 is 11.9 Å². The fourth-order valence-electron chi connectivity index (χ4n) is 1.38. The maximum Gasteiger partial charge on any atom is 0.433 e. The van der Waals surface area contributed by atoms with Gasteiger partial charge in [-0.1, -0.05) is 5.16 Å². The molecule has 0 aliphatic carbocycles. The van der Waals surface area contributed by atoms with E-state index in [0.29, 0.717) is 11.5 Å². The van der Waals surface area contributed by atoms with Crippen LogP contribution in [0.5, 0.6) is 0 Å². The van der Waals surface area contributed by atoms with Gasteiger partial charge in [0.05, 0.1) is 6.04 Å². The average molecular weight is 257 g/mol. The Bertz CT molecular complexity index is 548. The van der Waals surface area contributed by atoms with Gasteiger partial charge in [-0.3, -0.25) is 4.98 Å². The van der Waals surface area contributed by atoms with E-state index in [4.69, 9.17) is 10.3 Å². The predicted molar refractivity (Wildman–Crippen MR) is 57.3 cm³/mol. The highest BCUT2D eigenvalue weighted by molar-refractivity contribution is 5.59. The number of aromatic nitrogens is 2. The van der Waals surface area contributed by atoms with Crippen molar-refractivity contribution in [3.8, 4) is 11.3 Å². The molecule has 2 rings (SSSR count). The summed E-state index contributed by atoms with van der Waals surface area (Å²) in [5.74, 6) is 0.412. The van der Waals surface area contributed by atoms with Crippen LogP contribution in [0.1, 0.15) is 24.4 Å². The molecule has 0 aliphatic rings. The molecule has 18 heavy (non-hydrogen) atoms. The second kappa shape index (κ2) is 4.41. The lowest BCUT2D eigenvalue weighted by Gasteiger charge is -2.05. The molecule has 2 aromatic heterocycles. The highest BCUT2D eigenvalue weighted by atomic mass is 19.4. The highest BCUT2D eigenvalue weighted by Crippen LogP contribution is 2.30. The van der Waals surface area contributed by atoms with E-state index in [0.717, 1.165) is 12.3 Å². The second-order valence-electron chi connectivity index (χ2n) is 3.83. The first-order valence-electron chi connectivity index (χ1n) is 5.14. The van der Waals surface area contributed by atoms with Crippen molar-refractivity contribution < 1.29 is 17.7 Å². The van der Waals surface area contributed by atoms with E-state index >= 15 is 0 Å². The third-order valence-electron chi connectivity index (χ3n) is 2.32. The van der Waals surface area contributed by atoms with Gasteiger partial charge in [-0.05, 0) is 19.1 Å². The quantitative estimate of drug-likeness (QED) is 0.898. The van der Waals surface area contributed by atoms with E-state index in [-0.39, 0.29) is 11.6 Å². The molecule has 2 heterocycles. The number of rotatable bonds is 2. The number of nitrogens with two attached hydrogens (primary N) is 1. The summed E-state index contributed by atoms with van der Waals surface area (Å²) < 4.78 is 42.4. The van der Waals surface area contributed by atoms with Gasteiger partial charge in [-0.25, -0.2) is 0 Å². The molecule has 0 bridgehead atoms. The normalized spacial score (nSPS) is 13.6. The molecule has 0 fully saturated rings. The minimum atomic E-state index is -4.48. The topological polar surface area (TPSA) is 64.9 Å². The molecule has 7 heteroatoms. The van der Waals surface area contributed by atoms with E-state index in [1.807, 2.05) is 0 Å². The fourth-order valence-corrected chi connectivity index (χ4v) is 1.38. The molecule has 0 radical (unpaired) electrons. The molecule has 0 saturated heterocycles. The van der Waals surface area contributed by atoms with Gasteiger partial charge < -0.3 is 10.3 Å². The van der Waals surface area contributed by atoms with Crippen LogP contribution in [-0.4, -0.2) is 10.1 Å². The van der Waals surface area contributed by atoms with Crippen LogP contribution >= 0.6 is 0 Å². The summed E-state index contributed by atoms with van der Waals surface area (Å²) >= 11 is 0. The Kier molecular flexibility index (Phi) is 3.08. The standard InChI is InChI=1S/C11H10F3N3O/c1-6(15)9-5-8(17-18-9)7-2-3-16-10(4-7)11(12,13)14/h2-6H,15H2,1H3/t6-/m0/s1. The summed E-state index contributed by atoms with van der Waals surface area (Å²) in [6, 6.07) is 3.50. The lowest BCUT2D eigenvalue weighted by Crippen LogP contribution is -2.07. The van der Waals surface area contributed by atoms with Gasteiger partial charge in [0, 0.05) is 17.8 Å². The van der Waals surface area contributed by atoms with Gasteiger partial charge in [-0.15, -0.1) is 0 Å². The van der Waals surface area contributed by atoms with Crippen LogP contribution in [0, 0.1) is 0 Å². The number of halogens is 3. The molecule has 0 unspecified atom stereocenters. The van der Waals surface area contributed by atoms with Crippen LogP contribution in [0.4, 0.5) is 13.2 Å². The van der Waals surface area contributed by atoms with Crippen molar-refractivity contribution in [2.24, 2.45) is 5.73 Å². The van der Waals surface area contributed by atoms with Crippen LogP contribution in [-0.2, 0) is 6.18 Å². The van der Waals surface area contributed by atoms with Crippen molar-refractivity contribution in [2.45, 2.75) is 19.1 Å². The van der Waals surface area contributed by atoms with Gasteiger partial charge >= 0.3 is 6.18 Å². The maximum atomic E-state index is 12.5. The number of alkyl halides is 3. The molecular weight excluding hydrogens is 247 g/mol. The first-order chi connectivity index (χ1) is 8.38. The smallest absolute Gasteiger partial charge is 0.359 e. The predicted octanol–water partition coefficient (Wildman–Crippen LogP) is 2.78. The fraction of sp³-hybridized carbons (Fsp3) is 0.273. The largest absolute Gasteiger partial charge is 0.433 e. The third-order valence-corrected chi connectivity index (χ3v) is 2.32. The highest BCUT2D eigenvalue weighted by Gasteiger charge is 2.32. The molecule has 96 valence electrons. The lowest BCUT2D eigenvalue weighted by molar-refractivity contribution is -0.141. The summed E-state index contributed by atoms with van der Waals surface area (Å²) in [6.07, 6.45) is -3.40. The SMILES string of the molecule is C[C@H](N)c1cc(-c2ccnc(C(F)(F)F)c2)no1. The van der Waals surface area contributed by atoms with E-state index in [1.54, 1.807) is 6.92 Å². The molecule has 0 aliphatic heterocycles. The molecule has 2 aromatic rings. The average Bonchev–Trinajstić information content (AvgIpc) is 2.77. The Morgan fingerprint density at radius 3 is 2.61 bits per heavy atom. The van der Waals surface area contributed by atoms with Crippen molar-refractivity contribution in [1.82, 2.24) is 10.1 Å². The molecular formula is C11H10F3N3O. The minimum absolute atomic E-state index is 0.285. The van der Waals surface area contributed by atoms with Crippen LogP contribution in [0.25, 0.3) is 11.3 Å². The first kappa shape index (κ1) is 12.6. The van der Waals surface area contributed by atoms with Crippen molar-refractivity contribution in [2.75, 3.05) is 0 Å². The summed E-state index contributed by atoms with van der Waals surface area (Å²) in [4.78, 5) is 3.27. The molecule has 0 amide bonds. The van der Waals surface area contributed by atoms with Gasteiger partial charge in [-0.2, -0.15) is 13.2 Å². The zero-order valence-electron chi connectivity index (χ0n) is 9.40. The van der Waals surface area contributed by atoms with E-state index in [9.17, 15) is 13.2 Å². The van der Waals surface area contributed by atoms with Gasteiger partial charge in [0.15, 0.2) is 5.76 Å². The number of hydrogen-bond acceptors (Lipinski definition) is 4. The molecule has 1 atom stereocenters. The van der Waals surface area contributed by atoms with Crippen LogP contribution in [0.2, 0.25) is 0 Å². The number of pyridine rings is 1. The summed E-state index contributed by atoms with van der Waals surface area (Å²) in [5.41, 5.74) is 5.20. The van der Waals surface area contributed by atoms with Crippen molar-refractivity contribution in [3.05, 3.63) is 35.9 Å². The Balaban J connectivity index is 2.38. The summed E-state index contributed by atoms with van der Waals surface area (Å²) in [6.45, 7) is 1.69. The summed E-state index contributed by atoms with van der Waals surface area (Å²) in [5, 5.41) is 3.68. The molecule has 2 N–H and O–H groups in total. The molecule has 4 nitrogen and oxygen atoms in total. The van der Waals surface area contributed by atoms with E-state index in [2.05, 4.69) is 10.1 Å². The second-order valence-corrected chi connectivity index (χ2v) is 3.83. The Morgan fingerprint density at radius 2 is 2.06 bits per heavy atom. The lowest BCUT2D eigenvalue weighted by atomic mass is 10.1. The monoisotopic (exact) mass is 257 g/mol. The van der Waals surface area contributed by atoms with Gasteiger partial charge in [0.1, 0.15) is 11.4 Å². The van der Waals surface area contributed by atoms with Crippen molar-refractivity contribution >= 4 is 0 Å². The molecule has 0 aromatic carbocycles. The molecule has 0 saturated carbocycles. The minimum Gasteiger partial charge on any atom is -0.359 e. The zero-order valence-corrected chi connectivity index (χ0v) is 9.40. The Hall–Kier alpha value is -1.89. The number of hydrogen-bond donors (Lipinski definition) is 1. The van der Waals surface area contributed by atoms with E-state index in [1.165, 1.54) is 12.1 Å². The van der Waals surface area contributed by atoms with Crippen LogP contribution in [0.3, 0.4) is 0 Å². The van der Waals surface area contributed by atoms with Gasteiger partial charge in [0.25, 0.3) is 0 Å². The van der Waals surface area contributed by atoms with Crippen molar-refractivity contribution in [1.29, 1.82) is 0 Å². The van der Waals surface area contributed by atoms with Crippen molar-refractivity contribution in [3.63, 3.8) is 0 Å². The number of nitrogens with zero attached hydrogens (tertiary/aromatic N) is 2. The zero-order chi connectivity index (χ0) is 13.3. The third kappa shape index (κ3) is 2.51. The Morgan fingerprint density at radius 1 is 1.33 bits per heavy atom. The van der Waals surface area contributed by atoms with Gasteiger partial charge in [0.2, 0.25) is 0 Å². The molecule has 0 spiro atoms. The Labute approximate surface area is 101 Å². The first-order valence-corrected chi connectivity index (χ1v) is 5.14.